The van der Waals surface area contributed by atoms with Crippen LogP contribution in [0.15, 0.2) is 24.6 Å². The predicted octanol–water partition coefficient (Wildman–Crippen LogP) is 0.424. The van der Waals surface area contributed by atoms with Gasteiger partial charge in [-0.2, -0.15) is 0 Å². The van der Waals surface area contributed by atoms with E-state index in [1.54, 1.807) is 10.9 Å². The fraction of sp³-hybridized carbons (Fsp3) is 0.417. The van der Waals surface area contributed by atoms with E-state index < -0.39 is 0 Å². The van der Waals surface area contributed by atoms with E-state index in [1.165, 1.54) is 6.33 Å². The summed E-state index contributed by atoms with van der Waals surface area (Å²) in [6, 6.07) is -0.147. The van der Waals surface area contributed by atoms with Gasteiger partial charge in [0.05, 0.1) is 18.7 Å². The third-order valence-electron chi connectivity index (χ3n) is 3.43. The summed E-state index contributed by atoms with van der Waals surface area (Å²) in [6.07, 6.45) is 4.17. The maximum absolute atomic E-state index is 12.8. The summed E-state index contributed by atoms with van der Waals surface area (Å²) < 4.78 is 14.6. The number of rotatable bonds is 2. The van der Waals surface area contributed by atoms with Crippen molar-refractivity contribution in [1.82, 2.24) is 19.5 Å². The summed E-state index contributed by atoms with van der Waals surface area (Å²) >= 11 is 0. The van der Waals surface area contributed by atoms with Crippen LogP contribution in [0.5, 0.6) is 0 Å². The Labute approximate surface area is 114 Å². The zero-order chi connectivity index (χ0) is 14.7. The van der Waals surface area contributed by atoms with Crippen LogP contribution in [0.4, 0.5) is 10.2 Å². The molecular formula is C12H16FN5O2. The highest BCUT2D eigenvalue weighted by Gasteiger charge is 2.37. The first-order valence-electron chi connectivity index (χ1n) is 6.05. The molecule has 0 radical (unpaired) electrons. The summed E-state index contributed by atoms with van der Waals surface area (Å²) in [6.45, 7) is -0.0456. The van der Waals surface area contributed by atoms with Gasteiger partial charge in [0.25, 0.3) is 0 Å². The molecule has 0 aromatic carbocycles. The second-order valence-electron chi connectivity index (χ2n) is 4.32. The number of halogens is 1. The SMILES string of the molecule is CO.Nc1ncnc2c1ncn2C1CC(CO)/C1=C/F. The first-order valence-corrected chi connectivity index (χ1v) is 6.05. The molecule has 0 amide bonds. The predicted molar refractivity (Wildman–Crippen MR) is 71.3 cm³/mol. The van der Waals surface area contributed by atoms with Crippen molar-refractivity contribution in [2.75, 3.05) is 19.5 Å². The Morgan fingerprint density at radius 1 is 1.45 bits per heavy atom. The monoisotopic (exact) mass is 281 g/mol. The minimum absolute atomic E-state index is 0.0456. The second-order valence-corrected chi connectivity index (χ2v) is 4.32. The Morgan fingerprint density at radius 3 is 2.85 bits per heavy atom. The maximum Gasteiger partial charge on any atom is 0.165 e. The van der Waals surface area contributed by atoms with Crippen LogP contribution < -0.4 is 5.73 Å². The molecule has 2 aromatic heterocycles. The Hall–Kier alpha value is -2.06. The van der Waals surface area contributed by atoms with Crippen molar-refractivity contribution in [3.05, 3.63) is 24.6 Å². The lowest BCUT2D eigenvalue weighted by atomic mass is 9.75. The van der Waals surface area contributed by atoms with Gasteiger partial charge in [-0.3, -0.25) is 0 Å². The minimum atomic E-state index is -0.147. The molecule has 0 saturated heterocycles. The topological polar surface area (TPSA) is 110 Å². The molecule has 2 unspecified atom stereocenters. The number of aliphatic hydroxyl groups excluding tert-OH is 2. The van der Waals surface area contributed by atoms with E-state index in [4.69, 9.17) is 15.9 Å². The summed E-state index contributed by atoms with van der Waals surface area (Å²) in [4.78, 5) is 12.1. The van der Waals surface area contributed by atoms with Crippen molar-refractivity contribution >= 4 is 17.0 Å². The number of anilines is 1. The van der Waals surface area contributed by atoms with Crippen LogP contribution in [0.25, 0.3) is 11.2 Å². The van der Waals surface area contributed by atoms with E-state index in [0.717, 1.165) is 7.11 Å². The van der Waals surface area contributed by atoms with Crippen molar-refractivity contribution in [1.29, 1.82) is 0 Å². The fourth-order valence-electron chi connectivity index (χ4n) is 2.37. The third kappa shape index (κ3) is 2.12. The molecule has 1 saturated carbocycles. The van der Waals surface area contributed by atoms with Crippen LogP contribution in [-0.4, -0.2) is 43.4 Å². The number of aliphatic hydroxyl groups is 2. The zero-order valence-corrected chi connectivity index (χ0v) is 10.9. The lowest BCUT2D eigenvalue weighted by Gasteiger charge is -2.37. The molecule has 1 fully saturated rings. The minimum Gasteiger partial charge on any atom is -0.400 e. The van der Waals surface area contributed by atoms with E-state index >= 15 is 0 Å². The number of imidazole rings is 1. The van der Waals surface area contributed by atoms with Crippen molar-refractivity contribution in [2.45, 2.75) is 12.5 Å². The van der Waals surface area contributed by atoms with Crippen molar-refractivity contribution in [3.63, 3.8) is 0 Å². The number of hydrogen-bond acceptors (Lipinski definition) is 6. The summed E-state index contributed by atoms with van der Waals surface area (Å²) in [7, 11) is 1.00. The molecule has 2 atom stereocenters. The highest BCUT2D eigenvalue weighted by molar-refractivity contribution is 5.81. The normalized spacial score (nSPS) is 23.3. The largest absolute Gasteiger partial charge is 0.400 e. The molecule has 1 aliphatic rings. The number of nitrogen functional groups attached to an aromatic ring is 1. The van der Waals surface area contributed by atoms with Gasteiger partial charge in [-0.25, -0.2) is 19.3 Å². The van der Waals surface area contributed by atoms with Gasteiger partial charge in [0.2, 0.25) is 0 Å². The Balaban J connectivity index is 0.000000704. The van der Waals surface area contributed by atoms with Gasteiger partial charge < -0.3 is 20.5 Å². The van der Waals surface area contributed by atoms with E-state index in [2.05, 4.69) is 15.0 Å². The van der Waals surface area contributed by atoms with Gasteiger partial charge in [0.1, 0.15) is 11.8 Å². The number of nitrogens with zero attached hydrogens (tertiary/aromatic N) is 4. The second kappa shape index (κ2) is 5.93. The van der Waals surface area contributed by atoms with Gasteiger partial charge in [0.15, 0.2) is 11.5 Å². The number of aromatic nitrogens is 4. The fourth-order valence-corrected chi connectivity index (χ4v) is 2.37. The number of hydrogen-bond donors (Lipinski definition) is 3. The molecule has 3 rings (SSSR count). The first kappa shape index (κ1) is 14.4. The maximum atomic E-state index is 12.8. The van der Waals surface area contributed by atoms with Gasteiger partial charge in [-0.05, 0) is 12.0 Å². The third-order valence-corrected chi connectivity index (χ3v) is 3.43. The molecule has 0 spiro atoms. The summed E-state index contributed by atoms with van der Waals surface area (Å²) in [5, 5.41) is 16.1. The van der Waals surface area contributed by atoms with E-state index in [9.17, 15) is 4.39 Å². The van der Waals surface area contributed by atoms with E-state index in [0.29, 0.717) is 35.3 Å². The van der Waals surface area contributed by atoms with Crippen molar-refractivity contribution in [2.24, 2.45) is 5.92 Å². The number of fused-ring (bicyclic) bond motifs is 1. The van der Waals surface area contributed by atoms with Gasteiger partial charge >= 0.3 is 0 Å². The standard InChI is InChI=1S/C11H12FN5O.CH4O/c12-2-7-6(3-18)1-8(7)17-5-16-9-10(13)14-4-15-11(9)17;1-2/h2,4-6,8,18H,1,3H2,(H2,13,14,15);2H,1H3/b7-2-;. The van der Waals surface area contributed by atoms with Crippen LogP contribution >= 0.6 is 0 Å². The lowest BCUT2D eigenvalue weighted by molar-refractivity contribution is 0.176. The quantitative estimate of drug-likeness (QED) is 0.736. The highest BCUT2D eigenvalue weighted by Crippen LogP contribution is 2.44. The van der Waals surface area contributed by atoms with Crippen LogP contribution in [0.3, 0.4) is 0 Å². The van der Waals surface area contributed by atoms with Crippen LogP contribution in [0, 0.1) is 5.92 Å². The Kier molecular flexibility index (Phi) is 4.26. The zero-order valence-electron chi connectivity index (χ0n) is 10.9. The number of nitrogens with two attached hydrogens (primary N) is 1. The van der Waals surface area contributed by atoms with Crippen LogP contribution in [0.2, 0.25) is 0 Å². The molecule has 1 aliphatic carbocycles. The molecule has 7 nitrogen and oxygen atoms in total. The van der Waals surface area contributed by atoms with Crippen LogP contribution in [0.1, 0.15) is 12.5 Å². The molecule has 108 valence electrons. The molecule has 20 heavy (non-hydrogen) atoms. The van der Waals surface area contributed by atoms with Crippen LogP contribution in [-0.2, 0) is 0 Å². The molecule has 2 heterocycles. The molecular weight excluding hydrogens is 265 g/mol. The van der Waals surface area contributed by atoms with Crippen molar-refractivity contribution < 1.29 is 14.6 Å². The molecule has 0 bridgehead atoms. The Bertz CT molecular complexity index is 627. The van der Waals surface area contributed by atoms with E-state index in [1.807, 2.05) is 0 Å². The smallest absolute Gasteiger partial charge is 0.165 e. The molecule has 0 aliphatic heterocycles. The van der Waals surface area contributed by atoms with Gasteiger partial charge in [-0.1, -0.05) is 0 Å². The molecule has 4 N–H and O–H groups in total. The average molecular weight is 281 g/mol. The molecule has 2 aromatic rings. The first-order chi connectivity index (χ1) is 9.76. The summed E-state index contributed by atoms with van der Waals surface area (Å²) in [5.41, 5.74) is 7.36. The summed E-state index contributed by atoms with van der Waals surface area (Å²) in [5.74, 6) is 0.194. The highest BCUT2D eigenvalue weighted by atomic mass is 19.1. The Morgan fingerprint density at radius 2 is 2.20 bits per heavy atom. The van der Waals surface area contributed by atoms with Crippen molar-refractivity contribution in [3.8, 4) is 0 Å². The van der Waals surface area contributed by atoms with Gasteiger partial charge in [0, 0.05) is 19.6 Å². The lowest BCUT2D eigenvalue weighted by Crippen LogP contribution is -2.32. The van der Waals surface area contributed by atoms with Gasteiger partial charge in [-0.15, -0.1) is 0 Å². The molecule has 8 heteroatoms. The average Bonchev–Trinajstić information content (AvgIpc) is 2.86. The van der Waals surface area contributed by atoms with E-state index in [-0.39, 0.29) is 18.6 Å².